The molecule has 108 valence electrons. The van der Waals surface area contributed by atoms with Gasteiger partial charge in [0.15, 0.2) is 11.4 Å². The molecule has 4 aromatic rings. The molecule has 0 radical (unpaired) electrons. The van der Waals surface area contributed by atoms with Crippen LogP contribution in [0.25, 0.3) is 28.2 Å². The van der Waals surface area contributed by atoms with Gasteiger partial charge in [0.05, 0.1) is 12.0 Å². The zero-order chi connectivity index (χ0) is 15.1. The Balaban J connectivity index is 1.99. The highest BCUT2D eigenvalue weighted by molar-refractivity contribution is 6.30. The van der Waals surface area contributed by atoms with E-state index in [1.165, 1.54) is 0 Å². The van der Waals surface area contributed by atoms with Crippen LogP contribution in [0, 0.1) is 6.92 Å². The Labute approximate surface area is 132 Å². The number of benzene rings is 1. The Morgan fingerprint density at radius 1 is 1.09 bits per heavy atom. The molecule has 0 aliphatic carbocycles. The lowest BCUT2D eigenvalue weighted by molar-refractivity contribution is 0.577. The highest BCUT2D eigenvalue weighted by atomic mass is 35.5. The second-order valence-corrected chi connectivity index (χ2v) is 5.45. The highest BCUT2D eigenvalue weighted by Gasteiger charge is 2.16. The van der Waals surface area contributed by atoms with Gasteiger partial charge in [-0.3, -0.25) is 0 Å². The van der Waals surface area contributed by atoms with Gasteiger partial charge in [0.25, 0.3) is 0 Å². The Hall–Kier alpha value is -2.59. The standard InChI is InChI=1S/C17H12ClN3O/c1-11-16(12-4-6-13(18)7-5-12)17-19-9-8-14(21(17)20-11)15-3-2-10-22-15/h2-10H,1H3. The quantitative estimate of drug-likeness (QED) is 0.542. The lowest BCUT2D eigenvalue weighted by Crippen LogP contribution is -1.94. The molecule has 3 heterocycles. The molecule has 0 atom stereocenters. The molecular formula is C17H12ClN3O. The van der Waals surface area contributed by atoms with Gasteiger partial charge in [-0.05, 0) is 42.8 Å². The number of aryl methyl sites for hydroxylation is 1. The van der Waals surface area contributed by atoms with Gasteiger partial charge >= 0.3 is 0 Å². The van der Waals surface area contributed by atoms with Gasteiger partial charge < -0.3 is 4.42 Å². The first-order valence-corrected chi connectivity index (χ1v) is 7.26. The van der Waals surface area contributed by atoms with Crippen LogP contribution in [0.2, 0.25) is 5.02 Å². The van der Waals surface area contributed by atoms with Crippen molar-refractivity contribution in [1.82, 2.24) is 14.6 Å². The molecule has 0 aliphatic heterocycles. The number of hydrogen-bond donors (Lipinski definition) is 0. The second-order valence-electron chi connectivity index (χ2n) is 5.01. The van der Waals surface area contributed by atoms with Gasteiger partial charge in [0, 0.05) is 16.8 Å². The molecule has 22 heavy (non-hydrogen) atoms. The molecule has 5 heteroatoms. The van der Waals surface area contributed by atoms with E-state index in [1.807, 2.05) is 53.9 Å². The summed E-state index contributed by atoms with van der Waals surface area (Å²) in [6.45, 7) is 1.98. The Morgan fingerprint density at radius 2 is 1.91 bits per heavy atom. The third-order valence-electron chi connectivity index (χ3n) is 3.60. The number of rotatable bonds is 2. The fourth-order valence-electron chi connectivity index (χ4n) is 2.62. The van der Waals surface area contributed by atoms with Crippen molar-refractivity contribution in [1.29, 1.82) is 0 Å². The molecule has 0 spiro atoms. The van der Waals surface area contributed by atoms with E-state index in [1.54, 1.807) is 12.5 Å². The molecule has 0 bridgehead atoms. The predicted molar refractivity (Wildman–Crippen MR) is 85.9 cm³/mol. The van der Waals surface area contributed by atoms with Crippen molar-refractivity contribution in [2.75, 3.05) is 0 Å². The maximum Gasteiger partial charge on any atom is 0.163 e. The molecule has 4 nitrogen and oxygen atoms in total. The molecule has 0 unspecified atom stereocenters. The van der Waals surface area contributed by atoms with Crippen molar-refractivity contribution in [2.45, 2.75) is 6.92 Å². The third kappa shape index (κ3) is 2.00. The summed E-state index contributed by atoms with van der Waals surface area (Å²) in [4.78, 5) is 4.50. The molecule has 0 fully saturated rings. The number of nitrogens with zero attached hydrogens (tertiary/aromatic N) is 3. The van der Waals surface area contributed by atoms with Crippen LogP contribution in [0.4, 0.5) is 0 Å². The highest BCUT2D eigenvalue weighted by Crippen LogP contribution is 2.30. The van der Waals surface area contributed by atoms with E-state index in [-0.39, 0.29) is 0 Å². The monoisotopic (exact) mass is 309 g/mol. The summed E-state index contributed by atoms with van der Waals surface area (Å²) in [6, 6.07) is 13.4. The number of aromatic nitrogens is 3. The normalized spacial score (nSPS) is 11.2. The SMILES string of the molecule is Cc1nn2c(-c3ccco3)ccnc2c1-c1ccc(Cl)cc1. The first-order chi connectivity index (χ1) is 10.7. The van der Waals surface area contributed by atoms with Gasteiger partial charge in [0.2, 0.25) is 0 Å². The number of furan rings is 1. The molecule has 0 saturated heterocycles. The minimum Gasteiger partial charge on any atom is -0.463 e. The zero-order valence-electron chi connectivity index (χ0n) is 11.8. The fraction of sp³-hybridized carbons (Fsp3) is 0.0588. The fourth-order valence-corrected chi connectivity index (χ4v) is 2.74. The number of hydrogen-bond acceptors (Lipinski definition) is 3. The molecule has 0 saturated carbocycles. The Kier molecular flexibility index (Phi) is 2.98. The summed E-state index contributed by atoms with van der Waals surface area (Å²) in [5.41, 5.74) is 4.63. The number of fused-ring (bicyclic) bond motifs is 1. The van der Waals surface area contributed by atoms with Crippen LogP contribution in [0.1, 0.15) is 5.69 Å². The smallest absolute Gasteiger partial charge is 0.163 e. The van der Waals surface area contributed by atoms with Gasteiger partial charge in [-0.15, -0.1) is 0 Å². The average molecular weight is 310 g/mol. The second kappa shape index (κ2) is 5.00. The van der Waals surface area contributed by atoms with Crippen LogP contribution in [0.15, 0.2) is 59.3 Å². The number of halogens is 1. The first kappa shape index (κ1) is 13.1. The molecule has 4 rings (SSSR count). The van der Waals surface area contributed by atoms with Crippen molar-refractivity contribution < 1.29 is 4.42 Å². The van der Waals surface area contributed by atoms with Gasteiger partial charge in [-0.1, -0.05) is 23.7 Å². The Bertz CT molecular complexity index is 940. The molecular weight excluding hydrogens is 298 g/mol. The summed E-state index contributed by atoms with van der Waals surface area (Å²) in [5, 5.41) is 5.34. The van der Waals surface area contributed by atoms with Crippen molar-refractivity contribution in [2.24, 2.45) is 0 Å². The van der Waals surface area contributed by atoms with E-state index in [0.717, 1.165) is 33.9 Å². The van der Waals surface area contributed by atoms with Crippen LogP contribution in [-0.2, 0) is 0 Å². The summed E-state index contributed by atoms with van der Waals surface area (Å²) in [6.07, 6.45) is 3.42. The third-order valence-corrected chi connectivity index (χ3v) is 3.85. The van der Waals surface area contributed by atoms with Gasteiger partial charge in [-0.2, -0.15) is 5.10 Å². The first-order valence-electron chi connectivity index (χ1n) is 6.88. The lowest BCUT2D eigenvalue weighted by atomic mass is 10.1. The molecule has 0 N–H and O–H groups in total. The largest absolute Gasteiger partial charge is 0.463 e. The van der Waals surface area contributed by atoms with Crippen molar-refractivity contribution >= 4 is 17.2 Å². The van der Waals surface area contributed by atoms with Crippen molar-refractivity contribution in [3.05, 3.63) is 65.6 Å². The van der Waals surface area contributed by atoms with Crippen LogP contribution >= 0.6 is 11.6 Å². The molecule has 0 amide bonds. The zero-order valence-corrected chi connectivity index (χ0v) is 12.6. The van der Waals surface area contributed by atoms with Gasteiger partial charge in [0.1, 0.15) is 5.69 Å². The maximum atomic E-state index is 5.98. The summed E-state index contributed by atoms with van der Waals surface area (Å²) in [7, 11) is 0. The minimum atomic E-state index is 0.710. The predicted octanol–water partition coefficient (Wildman–Crippen LogP) is 4.62. The van der Waals surface area contributed by atoms with E-state index < -0.39 is 0 Å². The Morgan fingerprint density at radius 3 is 2.64 bits per heavy atom. The van der Waals surface area contributed by atoms with Crippen LogP contribution in [-0.4, -0.2) is 14.6 Å². The maximum absolute atomic E-state index is 5.98. The van der Waals surface area contributed by atoms with E-state index in [9.17, 15) is 0 Å². The molecule has 1 aromatic carbocycles. The minimum absolute atomic E-state index is 0.710. The van der Waals surface area contributed by atoms with Crippen LogP contribution in [0.3, 0.4) is 0 Å². The average Bonchev–Trinajstić information content (AvgIpc) is 3.15. The summed E-state index contributed by atoms with van der Waals surface area (Å²) in [5.74, 6) is 0.762. The van der Waals surface area contributed by atoms with Crippen molar-refractivity contribution in [3.8, 4) is 22.6 Å². The summed E-state index contributed by atoms with van der Waals surface area (Å²) >= 11 is 5.98. The van der Waals surface area contributed by atoms with Crippen LogP contribution < -0.4 is 0 Å². The summed E-state index contributed by atoms with van der Waals surface area (Å²) < 4.78 is 7.31. The van der Waals surface area contributed by atoms with Crippen LogP contribution in [0.5, 0.6) is 0 Å². The van der Waals surface area contributed by atoms with E-state index in [0.29, 0.717) is 5.02 Å². The van der Waals surface area contributed by atoms with Gasteiger partial charge in [-0.25, -0.2) is 9.50 Å². The molecule has 3 aromatic heterocycles. The molecule has 0 aliphatic rings. The van der Waals surface area contributed by atoms with Crippen molar-refractivity contribution in [3.63, 3.8) is 0 Å². The van der Waals surface area contributed by atoms with E-state index in [2.05, 4.69) is 10.1 Å². The van der Waals surface area contributed by atoms with E-state index in [4.69, 9.17) is 16.0 Å². The van der Waals surface area contributed by atoms with E-state index >= 15 is 0 Å². The topological polar surface area (TPSA) is 43.3 Å². The lowest BCUT2D eigenvalue weighted by Gasteiger charge is -2.03.